The lowest BCUT2D eigenvalue weighted by molar-refractivity contribution is -0.121. The maximum Gasteiger partial charge on any atom is 0.409 e. The number of amides is 2. The first kappa shape index (κ1) is 33.9. The molecule has 1 N–H and O–H groups in total. The van der Waals surface area contributed by atoms with Crippen LogP contribution in [0.4, 0.5) is 4.79 Å². The zero-order chi connectivity index (χ0) is 26.0. The molecule has 1 aliphatic heterocycles. The van der Waals surface area contributed by atoms with Crippen LogP contribution in [-0.4, -0.2) is 114 Å². The molecule has 1 saturated heterocycles. The zero-order valence-corrected chi connectivity index (χ0v) is 22.9. The molecule has 11 heteroatoms. The number of piperidine rings is 1. The van der Waals surface area contributed by atoms with Crippen LogP contribution < -0.4 is 5.32 Å². The third-order valence-electron chi connectivity index (χ3n) is 4.55. The second-order valence-corrected chi connectivity index (χ2v) is 8.54. The number of carbonyl (C=O) groups excluding carboxylic acids is 2. The lowest BCUT2D eigenvalue weighted by Crippen LogP contribution is -2.39. The number of rotatable bonds is 19. The molecule has 1 aliphatic rings. The largest absolute Gasteiger partial charge is 0.447 e. The standard InChI is InChI=1S/C21H40N2O8S.C3H8.H2/c1-2-20(24)22-5-8-26-9-10-27-11-12-28-13-14-29-15-16-30-17-18-31-21(25)23-6-3-19(32)4-7-23;1-3-2;/h19,32H,2-18H2,1H3,(H,22,24);3H2,1-2H3;1H. The SMILES string of the molecule is CCC.CCC(=O)NCCOCCOCCOCCOCCOCCOC(=O)N1CCC(S)CC1.[HH]. The van der Waals surface area contributed by atoms with Gasteiger partial charge in [-0.15, -0.1) is 0 Å². The lowest BCUT2D eigenvalue weighted by atomic mass is 10.1. The van der Waals surface area contributed by atoms with Gasteiger partial charge in [0.1, 0.15) is 6.61 Å². The highest BCUT2D eigenvalue weighted by Gasteiger charge is 2.21. The van der Waals surface area contributed by atoms with E-state index in [-0.39, 0.29) is 20.0 Å². The van der Waals surface area contributed by atoms with E-state index in [0.29, 0.717) is 97.4 Å². The molecule has 1 fully saturated rings. The average Bonchev–Trinajstić information content (AvgIpc) is 2.86. The van der Waals surface area contributed by atoms with Gasteiger partial charge in [-0.1, -0.05) is 27.2 Å². The van der Waals surface area contributed by atoms with Gasteiger partial charge < -0.3 is 38.6 Å². The van der Waals surface area contributed by atoms with E-state index in [1.54, 1.807) is 4.90 Å². The Morgan fingerprint density at radius 1 is 0.771 bits per heavy atom. The van der Waals surface area contributed by atoms with E-state index in [2.05, 4.69) is 31.8 Å². The molecule has 0 atom stereocenters. The van der Waals surface area contributed by atoms with Crippen LogP contribution >= 0.6 is 12.6 Å². The van der Waals surface area contributed by atoms with Crippen LogP contribution in [0.5, 0.6) is 0 Å². The van der Waals surface area contributed by atoms with Crippen molar-refractivity contribution in [3.8, 4) is 0 Å². The third kappa shape index (κ3) is 23.1. The Bertz CT molecular complexity index is 501. The van der Waals surface area contributed by atoms with Crippen molar-refractivity contribution in [2.75, 3.05) is 92.3 Å². The van der Waals surface area contributed by atoms with Gasteiger partial charge in [-0.05, 0) is 12.8 Å². The Hall–Kier alpha value is -1.11. The van der Waals surface area contributed by atoms with Crippen molar-refractivity contribution in [3.63, 3.8) is 0 Å². The van der Waals surface area contributed by atoms with Crippen LogP contribution in [0, 0.1) is 0 Å². The van der Waals surface area contributed by atoms with Crippen molar-refractivity contribution in [3.05, 3.63) is 0 Å². The Morgan fingerprint density at radius 3 is 1.60 bits per heavy atom. The predicted molar refractivity (Wildman–Crippen MR) is 140 cm³/mol. The van der Waals surface area contributed by atoms with Crippen molar-refractivity contribution in [2.45, 2.75) is 51.7 Å². The van der Waals surface area contributed by atoms with Crippen molar-refractivity contribution >= 4 is 24.6 Å². The summed E-state index contributed by atoms with van der Waals surface area (Å²) in [6.07, 6.45) is 3.26. The minimum Gasteiger partial charge on any atom is -0.447 e. The van der Waals surface area contributed by atoms with Crippen LogP contribution in [-0.2, 0) is 33.2 Å². The van der Waals surface area contributed by atoms with Crippen LogP contribution in [0.15, 0.2) is 0 Å². The van der Waals surface area contributed by atoms with Gasteiger partial charge in [-0.2, -0.15) is 12.6 Å². The maximum absolute atomic E-state index is 11.9. The highest BCUT2D eigenvalue weighted by Crippen LogP contribution is 2.15. The zero-order valence-electron chi connectivity index (χ0n) is 22.0. The van der Waals surface area contributed by atoms with Gasteiger partial charge in [0.2, 0.25) is 5.91 Å². The Labute approximate surface area is 218 Å². The number of ether oxygens (including phenoxy) is 6. The molecule has 35 heavy (non-hydrogen) atoms. The summed E-state index contributed by atoms with van der Waals surface area (Å²) in [7, 11) is 0. The minimum absolute atomic E-state index is 0. The van der Waals surface area contributed by atoms with E-state index in [0.717, 1.165) is 12.8 Å². The first-order chi connectivity index (χ1) is 17.0. The van der Waals surface area contributed by atoms with Crippen molar-refractivity contribution in [1.82, 2.24) is 10.2 Å². The number of carbonyl (C=O) groups is 2. The van der Waals surface area contributed by atoms with E-state index in [9.17, 15) is 9.59 Å². The number of hydrogen-bond donors (Lipinski definition) is 2. The summed E-state index contributed by atoms with van der Waals surface area (Å²) in [5.41, 5.74) is 0. The second-order valence-electron chi connectivity index (χ2n) is 7.81. The molecule has 1 rings (SSSR count). The number of likely N-dealkylation sites (tertiary alicyclic amines) is 1. The highest BCUT2D eigenvalue weighted by atomic mass is 32.1. The van der Waals surface area contributed by atoms with Crippen molar-refractivity contribution in [2.24, 2.45) is 0 Å². The fourth-order valence-corrected chi connectivity index (χ4v) is 2.93. The van der Waals surface area contributed by atoms with Gasteiger partial charge in [0.15, 0.2) is 0 Å². The fraction of sp³-hybridized carbons (Fsp3) is 0.917. The summed E-state index contributed by atoms with van der Waals surface area (Å²) in [4.78, 5) is 24.6. The topological polar surface area (TPSA) is 105 Å². The predicted octanol–water partition coefficient (Wildman–Crippen LogP) is 2.79. The summed E-state index contributed by atoms with van der Waals surface area (Å²) >= 11 is 4.41. The van der Waals surface area contributed by atoms with Crippen LogP contribution in [0.1, 0.15) is 47.9 Å². The van der Waals surface area contributed by atoms with Crippen molar-refractivity contribution < 1.29 is 39.4 Å². The molecule has 0 aromatic carbocycles. The van der Waals surface area contributed by atoms with Gasteiger partial charge >= 0.3 is 6.09 Å². The summed E-state index contributed by atoms with van der Waals surface area (Å²) in [6.45, 7) is 12.9. The smallest absolute Gasteiger partial charge is 0.409 e. The van der Waals surface area contributed by atoms with Gasteiger partial charge in [-0.25, -0.2) is 4.79 Å². The van der Waals surface area contributed by atoms with E-state index < -0.39 is 0 Å². The van der Waals surface area contributed by atoms with Gasteiger partial charge in [0.05, 0.1) is 66.1 Å². The number of hydrogen-bond acceptors (Lipinski definition) is 9. The fourth-order valence-electron chi connectivity index (χ4n) is 2.70. The van der Waals surface area contributed by atoms with Crippen molar-refractivity contribution in [1.29, 1.82) is 0 Å². The molecule has 0 radical (unpaired) electrons. The molecule has 0 aromatic heterocycles. The van der Waals surface area contributed by atoms with E-state index >= 15 is 0 Å². The lowest BCUT2D eigenvalue weighted by Gasteiger charge is -2.28. The van der Waals surface area contributed by atoms with Crippen LogP contribution in [0.3, 0.4) is 0 Å². The number of nitrogens with zero attached hydrogens (tertiary/aromatic N) is 1. The Balaban J connectivity index is 0. The summed E-state index contributed by atoms with van der Waals surface area (Å²) < 4.78 is 32.1. The first-order valence-electron chi connectivity index (χ1n) is 12.8. The molecule has 0 spiro atoms. The molecular formula is C24H50N2O8S. The molecule has 10 nitrogen and oxygen atoms in total. The third-order valence-corrected chi connectivity index (χ3v) is 5.07. The summed E-state index contributed by atoms with van der Waals surface area (Å²) in [5, 5.41) is 3.11. The van der Waals surface area contributed by atoms with Gasteiger partial charge in [0, 0.05) is 32.7 Å². The minimum atomic E-state index is -0.281. The molecule has 0 bridgehead atoms. The normalized spacial score (nSPS) is 13.8. The number of nitrogens with one attached hydrogen (secondary N) is 1. The Kier molecular flexibility index (Phi) is 25.1. The average molecular weight is 527 g/mol. The molecule has 0 aromatic rings. The van der Waals surface area contributed by atoms with Crippen LogP contribution in [0.2, 0.25) is 0 Å². The van der Waals surface area contributed by atoms with Crippen LogP contribution in [0.25, 0.3) is 0 Å². The maximum atomic E-state index is 11.9. The quantitative estimate of drug-likeness (QED) is 0.196. The monoisotopic (exact) mass is 526 g/mol. The van der Waals surface area contributed by atoms with E-state index in [4.69, 9.17) is 28.4 Å². The summed E-state index contributed by atoms with van der Waals surface area (Å²) in [5.74, 6) is 0.0252. The molecule has 210 valence electrons. The Morgan fingerprint density at radius 2 is 1.17 bits per heavy atom. The molecule has 1 heterocycles. The van der Waals surface area contributed by atoms with Gasteiger partial charge in [-0.3, -0.25) is 4.79 Å². The first-order valence-corrected chi connectivity index (χ1v) is 13.3. The molecule has 2 amide bonds. The molecule has 0 aliphatic carbocycles. The molecule has 0 saturated carbocycles. The second kappa shape index (κ2) is 26.0. The molecule has 0 unspecified atom stereocenters. The highest BCUT2D eigenvalue weighted by molar-refractivity contribution is 7.80. The van der Waals surface area contributed by atoms with Gasteiger partial charge in [0.25, 0.3) is 0 Å². The van der Waals surface area contributed by atoms with E-state index in [1.807, 2.05) is 6.92 Å². The summed E-state index contributed by atoms with van der Waals surface area (Å²) in [6, 6.07) is 0. The molecular weight excluding hydrogens is 476 g/mol. The number of thiol groups is 1. The van der Waals surface area contributed by atoms with E-state index in [1.165, 1.54) is 6.42 Å².